The number of aliphatic imine (C=N–C) groups is 1. The second-order valence-corrected chi connectivity index (χ2v) is 8.37. The molecule has 154 valence electrons. The Hall–Kier alpha value is -2.91. The van der Waals surface area contributed by atoms with E-state index < -0.39 is 4.92 Å². The molecular weight excluding hydrogens is 470 g/mol. The number of hydrogen-bond donors (Lipinski definition) is 1. The molecule has 0 spiro atoms. The number of rotatable bonds is 6. The SMILES string of the molecule is C=CCOc1ccc(Br)cc1/C=C1\SC(=Nc2cc(C)c(C)c([N+](=O)[O-])c2)NC1=O. The zero-order valence-corrected chi connectivity index (χ0v) is 18.7. The second kappa shape index (κ2) is 9.27. The maximum Gasteiger partial charge on any atom is 0.274 e. The number of nitro groups is 1. The van der Waals surface area contributed by atoms with E-state index in [0.717, 1.165) is 27.4 Å². The molecule has 9 heteroatoms. The lowest BCUT2D eigenvalue weighted by Gasteiger charge is -2.08. The first-order valence-electron chi connectivity index (χ1n) is 8.87. The number of nitrogens with zero attached hydrogens (tertiary/aromatic N) is 2. The van der Waals surface area contributed by atoms with Crippen molar-refractivity contribution in [2.24, 2.45) is 4.99 Å². The Morgan fingerprint density at radius 1 is 1.33 bits per heavy atom. The minimum Gasteiger partial charge on any atom is -0.489 e. The van der Waals surface area contributed by atoms with E-state index in [-0.39, 0.29) is 11.6 Å². The fourth-order valence-electron chi connectivity index (χ4n) is 2.73. The van der Waals surface area contributed by atoms with Gasteiger partial charge >= 0.3 is 0 Å². The van der Waals surface area contributed by atoms with Crippen LogP contribution in [0, 0.1) is 24.0 Å². The number of thioether (sulfide) groups is 1. The highest BCUT2D eigenvalue weighted by Gasteiger charge is 2.25. The summed E-state index contributed by atoms with van der Waals surface area (Å²) >= 11 is 4.59. The summed E-state index contributed by atoms with van der Waals surface area (Å²) in [5.41, 5.74) is 2.48. The molecule has 0 bridgehead atoms. The van der Waals surface area contributed by atoms with Crippen LogP contribution in [0.3, 0.4) is 0 Å². The van der Waals surface area contributed by atoms with Crippen LogP contribution in [0.1, 0.15) is 16.7 Å². The number of benzene rings is 2. The van der Waals surface area contributed by atoms with E-state index >= 15 is 0 Å². The number of amides is 1. The highest BCUT2D eigenvalue weighted by molar-refractivity contribution is 9.10. The first kappa shape index (κ1) is 21.8. The van der Waals surface area contributed by atoms with Crippen molar-refractivity contribution >= 4 is 56.2 Å². The van der Waals surface area contributed by atoms with Crippen LogP contribution in [0.15, 0.2) is 57.4 Å². The van der Waals surface area contributed by atoms with Gasteiger partial charge < -0.3 is 10.1 Å². The molecule has 0 saturated carbocycles. The number of carbonyl (C=O) groups is 1. The van der Waals surface area contributed by atoms with Crippen molar-refractivity contribution in [3.8, 4) is 5.75 Å². The monoisotopic (exact) mass is 487 g/mol. The molecule has 1 aliphatic rings. The van der Waals surface area contributed by atoms with Gasteiger partial charge in [0.1, 0.15) is 12.4 Å². The minimum atomic E-state index is -0.435. The van der Waals surface area contributed by atoms with Gasteiger partial charge in [-0.1, -0.05) is 28.6 Å². The molecule has 0 radical (unpaired) electrons. The van der Waals surface area contributed by atoms with E-state index in [4.69, 9.17) is 4.74 Å². The van der Waals surface area contributed by atoms with Crippen LogP contribution < -0.4 is 10.1 Å². The quantitative estimate of drug-likeness (QED) is 0.253. The largest absolute Gasteiger partial charge is 0.489 e. The van der Waals surface area contributed by atoms with E-state index in [1.807, 2.05) is 12.1 Å². The van der Waals surface area contributed by atoms with E-state index in [1.165, 1.54) is 6.07 Å². The van der Waals surface area contributed by atoms with Crippen molar-refractivity contribution in [2.45, 2.75) is 13.8 Å². The van der Waals surface area contributed by atoms with Crippen LogP contribution >= 0.6 is 27.7 Å². The summed E-state index contributed by atoms with van der Waals surface area (Å²) in [4.78, 5) is 28.1. The Kier molecular flexibility index (Phi) is 6.73. The summed E-state index contributed by atoms with van der Waals surface area (Å²) in [6.45, 7) is 7.47. The molecule has 1 aliphatic heterocycles. The van der Waals surface area contributed by atoms with Crippen LogP contribution in [0.4, 0.5) is 11.4 Å². The first-order valence-corrected chi connectivity index (χ1v) is 10.5. The number of nitrogens with one attached hydrogen (secondary N) is 1. The topological polar surface area (TPSA) is 93.8 Å². The van der Waals surface area contributed by atoms with E-state index in [1.54, 1.807) is 38.1 Å². The zero-order chi connectivity index (χ0) is 21.8. The van der Waals surface area contributed by atoms with Crippen molar-refractivity contribution in [3.63, 3.8) is 0 Å². The normalized spacial score (nSPS) is 16.0. The Balaban J connectivity index is 1.92. The second-order valence-electron chi connectivity index (χ2n) is 6.43. The van der Waals surface area contributed by atoms with Gasteiger partial charge in [-0.25, -0.2) is 4.99 Å². The van der Waals surface area contributed by atoms with Gasteiger partial charge in [-0.15, -0.1) is 0 Å². The Labute approximate surface area is 186 Å². The first-order chi connectivity index (χ1) is 14.3. The van der Waals surface area contributed by atoms with Gasteiger partial charge in [0.15, 0.2) is 5.17 Å². The Morgan fingerprint density at radius 3 is 2.80 bits per heavy atom. The van der Waals surface area contributed by atoms with Gasteiger partial charge in [-0.3, -0.25) is 14.9 Å². The van der Waals surface area contributed by atoms with Gasteiger partial charge in [0, 0.05) is 21.7 Å². The summed E-state index contributed by atoms with van der Waals surface area (Å²) < 4.78 is 6.50. The molecule has 1 heterocycles. The number of nitro benzene ring substituents is 1. The lowest BCUT2D eigenvalue weighted by atomic mass is 10.1. The predicted octanol–water partition coefficient (Wildman–Crippen LogP) is 5.43. The fraction of sp³-hybridized carbons (Fsp3) is 0.143. The molecule has 1 saturated heterocycles. The van der Waals surface area contributed by atoms with Crippen LogP contribution in [0.5, 0.6) is 5.75 Å². The summed E-state index contributed by atoms with van der Waals surface area (Å²) in [7, 11) is 0. The number of amidine groups is 1. The van der Waals surface area contributed by atoms with Crippen molar-refractivity contribution in [1.82, 2.24) is 5.32 Å². The molecule has 0 unspecified atom stereocenters. The molecule has 1 amide bonds. The summed E-state index contributed by atoms with van der Waals surface area (Å²) in [5.74, 6) is 0.320. The number of carbonyl (C=O) groups excluding carboxylic acids is 1. The molecule has 0 atom stereocenters. The maximum atomic E-state index is 12.4. The van der Waals surface area contributed by atoms with Crippen molar-refractivity contribution in [1.29, 1.82) is 0 Å². The fourth-order valence-corrected chi connectivity index (χ4v) is 3.94. The highest BCUT2D eigenvalue weighted by Crippen LogP contribution is 2.33. The molecule has 0 aromatic heterocycles. The minimum absolute atomic E-state index is 0.00224. The molecule has 30 heavy (non-hydrogen) atoms. The maximum absolute atomic E-state index is 12.4. The van der Waals surface area contributed by atoms with Crippen LogP contribution in [0.2, 0.25) is 0 Å². The Bertz CT molecular complexity index is 1110. The summed E-state index contributed by atoms with van der Waals surface area (Å²) in [6.07, 6.45) is 3.36. The highest BCUT2D eigenvalue weighted by atomic mass is 79.9. The number of halogens is 1. The van der Waals surface area contributed by atoms with Gasteiger partial charge in [0.05, 0.1) is 15.5 Å². The van der Waals surface area contributed by atoms with Gasteiger partial charge in [0.25, 0.3) is 11.6 Å². The lowest BCUT2D eigenvalue weighted by Crippen LogP contribution is -2.19. The number of aryl methyl sites for hydroxylation is 1. The van der Waals surface area contributed by atoms with E-state index in [0.29, 0.717) is 33.7 Å². The number of hydrogen-bond acceptors (Lipinski definition) is 6. The third-order valence-electron chi connectivity index (χ3n) is 4.32. The molecule has 3 rings (SSSR count). The smallest absolute Gasteiger partial charge is 0.274 e. The summed E-state index contributed by atoms with van der Waals surface area (Å²) in [6, 6.07) is 8.65. The lowest BCUT2D eigenvalue weighted by molar-refractivity contribution is -0.385. The van der Waals surface area contributed by atoms with Gasteiger partial charge in [-0.05, 0) is 61.5 Å². The molecule has 0 aliphatic carbocycles. The van der Waals surface area contributed by atoms with Crippen molar-refractivity contribution in [3.05, 3.63) is 79.2 Å². The average molecular weight is 488 g/mol. The van der Waals surface area contributed by atoms with E-state index in [2.05, 4.69) is 32.8 Å². The Morgan fingerprint density at radius 2 is 2.10 bits per heavy atom. The molecule has 2 aromatic rings. The average Bonchev–Trinajstić information content (AvgIpc) is 3.02. The third-order valence-corrected chi connectivity index (χ3v) is 5.72. The third kappa shape index (κ3) is 4.98. The van der Waals surface area contributed by atoms with Crippen LogP contribution in [0.25, 0.3) is 6.08 Å². The molecule has 7 nitrogen and oxygen atoms in total. The standard InChI is InChI=1S/C21H18BrN3O4S/c1-4-7-29-18-6-5-15(22)9-14(18)10-19-20(26)24-21(30-19)23-16-8-12(2)13(3)17(11-16)25(27)28/h4-6,8-11H,1,7H2,2-3H3,(H,23,24,26)/b19-10-. The van der Waals surface area contributed by atoms with Gasteiger partial charge in [0.2, 0.25) is 0 Å². The number of ether oxygens (including phenoxy) is 1. The molecular formula is C21H18BrN3O4S. The van der Waals surface area contributed by atoms with Gasteiger partial charge in [-0.2, -0.15) is 0 Å². The predicted molar refractivity (Wildman–Crippen MR) is 123 cm³/mol. The van der Waals surface area contributed by atoms with Crippen LogP contribution in [-0.4, -0.2) is 22.6 Å². The van der Waals surface area contributed by atoms with E-state index in [9.17, 15) is 14.9 Å². The zero-order valence-electron chi connectivity index (χ0n) is 16.3. The summed E-state index contributed by atoms with van der Waals surface area (Å²) in [5, 5.41) is 14.3. The molecule has 1 fully saturated rings. The van der Waals surface area contributed by atoms with Crippen LogP contribution in [-0.2, 0) is 4.79 Å². The van der Waals surface area contributed by atoms with Crippen molar-refractivity contribution < 1.29 is 14.5 Å². The van der Waals surface area contributed by atoms with Crippen molar-refractivity contribution in [2.75, 3.05) is 6.61 Å². The molecule has 2 aromatic carbocycles. The molecule has 1 N–H and O–H groups in total.